The van der Waals surface area contributed by atoms with Crippen molar-refractivity contribution in [1.29, 1.82) is 0 Å². The third-order valence-corrected chi connectivity index (χ3v) is 5.67. The van der Waals surface area contributed by atoms with Crippen molar-refractivity contribution in [2.75, 3.05) is 26.7 Å². The van der Waals surface area contributed by atoms with E-state index >= 15 is 0 Å². The molecule has 0 radical (unpaired) electrons. The van der Waals surface area contributed by atoms with Crippen LogP contribution in [0, 0.1) is 5.92 Å². The van der Waals surface area contributed by atoms with E-state index in [0.29, 0.717) is 11.8 Å². The van der Waals surface area contributed by atoms with Crippen molar-refractivity contribution >= 4 is 29.7 Å². The molecule has 1 aliphatic heterocycles. The third kappa shape index (κ3) is 3.61. The maximum Gasteiger partial charge on any atom is 0.230 e. The quantitative estimate of drug-likeness (QED) is 0.925. The molecule has 1 amide bonds. The summed E-state index contributed by atoms with van der Waals surface area (Å²) in [5, 5.41) is 5.40. The Morgan fingerprint density at radius 1 is 1.43 bits per heavy atom. The molecule has 1 aromatic rings. The summed E-state index contributed by atoms with van der Waals surface area (Å²) in [4.78, 5) is 16.4. The van der Waals surface area contributed by atoms with Gasteiger partial charge in [-0.2, -0.15) is 0 Å². The summed E-state index contributed by atoms with van der Waals surface area (Å²) < 4.78 is 0. The first-order chi connectivity index (χ1) is 9.79. The van der Waals surface area contributed by atoms with Gasteiger partial charge in [-0.25, -0.2) is 0 Å². The number of likely N-dealkylation sites (tertiary alicyclic amines) is 1. The molecule has 0 saturated carbocycles. The molecule has 2 atom stereocenters. The predicted octanol–water partition coefficient (Wildman–Crippen LogP) is 3.05. The normalized spacial score (nSPS) is 25.1. The lowest BCUT2D eigenvalue weighted by atomic mass is 9.86. The number of carbonyl (C=O) groups excluding carboxylic acids is 1. The average molecular weight is 329 g/mol. The van der Waals surface area contributed by atoms with Crippen LogP contribution in [-0.2, 0) is 11.2 Å². The summed E-state index contributed by atoms with van der Waals surface area (Å²) >= 11 is 1.82. The number of nitrogens with one attached hydrogen (secondary N) is 1. The fraction of sp³-hybridized carbons (Fsp3) is 0.688. The molecule has 3 nitrogen and oxygen atoms in total. The van der Waals surface area contributed by atoms with E-state index < -0.39 is 0 Å². The fourth-order valence-electron chi connectivity index (χ4n) is 3.68. The molecule has 0 bridgehead atoms. The highest BCUT2D eigenvalue weighted by molar-refractivity contribution is 7.10. The van der Waals surface area contributed by atoms with Gasteiger partial charge >= 0.3 is 0 Å². The van der Waals surface area contributed by atoms with Crippen molar-refractivity contribution in [3.8, 4) is 0 Å². The maximum absolute atomic E-state index is 12.9. The van der Waals surface area contributed by atoms with Crippen molar-refractivity contribution in [1.82, 2.24) is 10.2 Å². The molecule has 2 aliphatic rings. The molecule has 1 fully saturated rings. The van der Waals surface area contributed by atoms with Crippen LogP contribution >= 0.6 is 23.7 Å². The summed E-state index contributed by atoms with van der Waals surface area (Å²) in [5.41, 5.74) is 1.32. The molecule has 1 saturated heterocycles. The summed E-state index contributed by atoms with van der Waals surface area (Å²) in [6.07, 6.45) is 5.77. The number of hydrogen-bond acceptors (Lipinski definition) is 3. The Morgan fingerprint density at radius 2 is 2.29 bits per heavy atom. The van der Waals surface area contributed by atoms with Crippen molar-refractivity contribution < 1.29 is 4.79 Å². The van der Waals surface area contributed by atoms with Gasteiger partial charge in [-0.05, 0) is 68.6 Å². The van der Waals surface area contributed by atoms with Gasteiger partial charge in [-0.1, -0.05) is 0 Å². The fourth-order valence-corrected chi connectivity index (χ4v) is 4.67. The van der Waals surface area contributed by atoms with Crippen LogP contribution in [0.15, 0.2) is 11.4 Å². The van der Waals surface area contributed by atoms with E-state index in [1.54, 1.807) is 0 Å². The summed E-state index contributed by atoms with van der Waals surface area (Å²) in [6.45, 7) is 2.92. The van der Waals surface area contributed by atoms with Gasteiger partial charge in [0.25, 0.3) is 0 Å². The van der Waals surface area contributed by atoms with Crippen LogP contribution in [0.3, 0.4) is 0 Å². The minimum atomic E-state index is 0. The number of aryl methyl sites for hydroxylation is 1. The third-order valence-electron chi connectivity index (χ3n) is 4.67. The van der Waals surface area contributed by atoms with E-state index in [2.05, 4.69) is 21.7 Å². The lowest BCUT2D eigenvalue weighted by Gasteiger charge is -2.36. The molecular weight excluding hydrogens is 304 g/mol. The molecule has 3 rings (SSSR count). The van der Waals surface area contributed by atoms with Crippen LogP contribution in [0.2, 0.25) is 0 Å². The van der Waals surface area contributed by atoms with Crippen LogP contribution in [-0.4, -0.2) is 37.5 Å². The van der Waals surface area contributed by atoms with E-state index in [9.17, 15) is 4.79 Å². The number of piperidine rings is 1. The second-order valence-electron chi connectivity index (χ2n) is 6.09. The number of hydrogen-bond donors (Lipinski definition) is 1. The van der Waals surface area contributed by atoms with Crippen LogP contribution in [0.1, 0.15) is 42.0 Å². The molecule has 5 heteroatoms. The SMILES string of the molecule is CNCC1CCCN(C(=O)C2CCCc3sccc32)C1.Cl. The standard InChI is InChI=1S/C16H24N2OS.ClH/c1-17-10-12-4-3-8-18(11-12)16(19)14-5-2-6-15-13(14)7-9-20-15;/h7,9,12,14,17H,2-6,8,10-11H2,1H3;1H. The molecule has 118 valence electrons. The van der Waals surface area contributed by atoms with Crippen LogP contribution in [0.5, 0.6) is 0 Å². The molecule has 2 unspecified atom stereocenters. The second kappa shape index (κ2) is 7.61. The summed E-state index contributed by atoms with van der Waals surface area (Å²) in [5.74, 6) is 1.15. The van der Waals surface area contributed by atoms with Gasteiger partial charge in [0.15, 0.2) is 0 Å². The van der Waals surface area contributed by atoms with Crippen LogP contribution in [0.4, 0.5) is 0 Å². The number of rotatable bonds is 3. The number of fused-ring (bicyclic) bond motifs is 1. The van der Waals surface area contributed by atoms with Gasteiger partial charge < -0.3 is 10.2 Å². The Balaban J connectivity index is 0.00000161. The maximum atomic E-state index is 12.9. The number of thiophene rings is 1. The van der Waals surface area contributed by atoms with E-state index in [1.165, 1.54) is 23.3 Å². The first kappa shape index (κ1) is 16.8. The monoisotopic (exact) mass is 328 g/mol. The predicted molar refractivity (Wildman–Crippen MR) is 90.5 cm³/mol. The highest BCUT2D eigenvalue weighted by atomic mass is 35.5. The van der Waals surface area contributed by atoms with Gasteiger partial charge in [-0.15, -0.1) is 23.7 Å². The Kier molecular flexibility index (Phi) is 6.08. The Hall–Kier alpha value is -0.580. The average Bonchev–Trinajstić information content (AvgIpc) is 2.95. The van der Waals surface area contributed by atoms with Gasteiger partial charge in [0.05, 0.1) is 5.92 Å². The zero-order valence-corrected chi connectivity index (χ0v) is 14.3. The first-order valence-corrected chi connectivity index (χ1v) is 8.67. The topological polar surface area (TPSA) is 32.3 Å². The Bertz CT molecular complexity index is 475. The molecule has 2 heterocycles. The van der Waals surface area contributed by atoms with E-state index in [1.807, 2.05) is 18.4 Å². The van der Waals surface area contributed by atoms with E-state index in [4.69, 9.17) is 0 Å². The number of carbonyl (C=O) groups is 1. The zero-order chi connectivity index (χ0) is 13.9. The van der Waals surface area contributed by atoms with Crippen LogP contribution < -0.4 is 5.32 Å². The number of halogens is 1. The molecule has 1 aromatic heterocycles. The van der Waals surface area contributed by atoms with Crippen LogP contribution in [0.25, 0.3) is 0 Å². The van der Waals surface area contributed by atoms with Crippen molar-refractivity contribution in [2.24, 2.45) is 5.92 Å². The lowest BCUT2D eigenvalue weighted by Crippen LogP contribution is -2.44. The summed E-state index contributed by atoms with van der Waals surface area (Å²) in [7, 11) is 2.00. The first-order valence-electron chi connectivity index (χ1n) is 7.79. The van der Waals surface area contributed by atoms with Crippen molar-refractivity contribution in [2.45, 2.75) is 38.0 Å². The molecule has 0 aromatic carbocycles. The minimum Gasteiger partial charge on any atom is -0.342 e. The molecular formula is C16H25ClN2OS. The minimum absolute atomic E-state index is 0. The van der Waals surface area contributed by atoms with E-state index in [-0.39, 0.29) is 18.3 Å². The van der Waals surface area contributed by atoms with Crippen molar-refractivity contribution in [3.05, 3.63) is 21.9 Å². The summed E-state index contributed by atoms with van der Waals surface area (Å²) in [6, 6.07) is 2.18. The highest BCUT2D eigenvalue weighted by Crippen LogP contribution is 2.36. The largest absolute Gasteiger partial charge is 0.342 e. The van der Waals surface area contributed by atoms with E-state index in [0.717, 1.165) is 38.9 Å². The number of amides is 1. The van der Waals surface area contributed by atoms with Gasteiger partial charge in [0.1, 0.15) is 0 Å². The Morgan fingerprint density at radius 3 is 3.10 bits per heavy atom. The Labute approximate surface area is 137 Å². The lowest BCUT2D eigenvalue weighted by molar-refractivity contribution is -0.135. The molecule has 1 N–H and O–H groups in total. The zero-order valence-electron chi connectivity index (χ0n) is 12.6. The molecule has 0 spiro atoms. The van der Waals surface area contributed by atoms with Gasteiger partial charge in [0, 0.05) is 18.0 Å². The van der Waals surface area contributed by atoms with Gasteiger partial charge in [0.2, 0.25) is 5.91 Å². The van der Waals surface area contributed by atoms with Crippen molar-refractivity contribution in [3.63, 3.8) is 0 Å². The molecule has 21 heavy (non-hydrogen) atoms. The molecule has 1 aliphatic carbocycles. The second-order valence-corrected chi connectivity index (χ2v) is 7.09. The highest BCUT2D eigenvalue weighted by Gasteiger charge is 2.32. The van der Waals surface area contributed by atoms with Gasteiger partial charge in [-0.3, -0.25) is 4.79 Å². The number of nitrogens with zero attached hydrogens (tertiary/aromatic N) is 1. The smallest absolute Gasteiger partial charge is 0.230 e.